The highest BCUT2D eigenvalue weighted by molar-refractivity contribution is 8.07. The van der Waals surface area contributed by atoms with E-state index < -0.39 is 0 Å². The molecule has 0 N–H and O–H groups in total. The van der Waals surface area contributed by atoms with Gasteiger partial charge in [-0.1, -0.05) is 113 Å². The van der Waals surface area contributed by atoms with E-state index in [1.165, 1.54) is 80.3 Å². The number of aromatic nitrogens is 1. The van der Waals surface area contributed by atoms with Crippen molar-refractivity contribution in [1.82, 2.24) is 9.47 Å². The molecule has 4 heteroatoms. The summed E-state index contributed by atoms with van der Waals surface area (Å²) in [5, 5.41) is 2.72. The van der Waals surface area contributed by atoms with Crippen molar-refractivity contribution >= 4 is 50.4 Å². The van der Waals surface area contributed by atoms with E-state index in [0.29, 0.717) is 23.7 Å². The molecule has 2 bridgehead atoms. The molecule has 2 aromatic carbocycles. The Morgan fingerprint density at radius 2 is 1.62 bits per heavy atom. The summed E-state index contributed by atoms with van der Waals surface area (Å²) >= 11 is 2.08. The molecular weight excluding hydrogens is 699 g/mol. The first kappa shape index (κ1) is 33.8. The lowest BCUT2D eigenvalue weighted by Gasteiger charge is -2.40. The zero-order valence-corrected chi connectivity index (χ0v) is 34.6. The highest BCUT2D eigenvalue weighted by atomic mass is 32.2. The van der Waals surface area contributed by atoms with Crippen molar-refractivity contribution in [3.05, 3.63) is 140 Å². The second-order valence-electron chi connectivity index (χ2n) is 19.1. The number of nitrogens with zero attached hydrogens (tertiary/aromatic N) is 3. The smallest absolute Gasteiger partial charge is 0.203 e. The standard InChI is InChI=1S/C52H53N3S/c1-28-11-7-14-34(23-28)48-45-29(2)12-9-18-42(45)54(6)51(53-48)55-43-25-31(35-15-10-17-38-37-16-8-13-30(3)49(37)56-50(35)38)21-22-36(43)39-26-41-40(27-44(39)55)46-32-19-20-33(24-32)47(46)52(41,4)5/h7-11,14-16,18,21-22,25-30,32-33,38,51H,12-13,17,19-20,23-24H2,1-6H3. The Kier molecular flexibility index (Phi) is 7.18. The van der Waals surface area contributed by atoms with Gasteiger partial charge in [-0.3, -0.25) is 0 Å². The van der Waals surface area contributed by atoms with Gasteiger partial charge in [0, 0.05) is 45.3 Å². The molecule has 3 heterocycles. The fourth-order valence-corrected chi connectivity index (χ4v) is 14.3. The molecule has 0 amide bonds. The monoisotopic (exact) mass is 751 g/mol. The number of fused-ring (bicyclic) bond motifs is 11. The number of thioether (sulfide) groups is 1. The number of hydrogen-bond donors (Lipinski definition) is 0. The third-order valence-electron chi connectivity index (χ3n) is 15.4. The fraction of sp³-hybridized carbons (Fsp3) is 0.404. The van der Waals surface area contributed by atoms with E-state index in [1.54, 1.807) is 32.1 Å². The first-order valence-corrected chi connectivity index (χ1v) is 22.4. The maximum atomic E-state index is 5.93. The third kappa shape index (κ3) is 4.51. The molecule has 2 aliphatic heterocycles. The molecular formula is C52H53N3S. The summed E-state index contributed by atoms with van der Waals surface area (Å²) in [4.78, 5) is 11.6. The summed E-state index contributed by atoms with van der Waals surface area (Å²) in [5.74, 6) is 3.49. The minimum atomic E-state index is -0.204. The molecule has 1 aromatic heterocycles. The normalized spacial score (nSPS) is 32.2. The van der Waals surface area contributed by atoms with E-state index in [0.717, 1.165) is 37.5 Å². The molecule has 0 saturated heterocycles. The number of allylic oxidation sites excluding steroid dienone is 17. The Morgan fingerprint density at radius 3 is 2.50 bits per heavy atom. The SMILES string of the molecule is CC1C=CC=C(C2=NC(n3c4cc(C5=C6SC7=C(C=CCC7C)C6CC=C5)ccc4c4cc5c(cc43)C3=C(C4CCC3C4)C5(C)C)N(C)C3=C2C(C)CC=C3)C1. The molecule has 56 heavy (non-hydrogen) atoms. The maximum Gasteiger partial charge on any atom is 0.203 e. The Bertz CT molecular complexity index is 2650. The van der Waals surface area contributed by atoms with Crippen LogP contribution in [0.5, 0.6) is 0 Å². The van der Waals surface area contributed by atoms with Gasteiger partial charge in [0.1, 0.15) is 0 Å². The van der Waals surface area contributed by atoms with Crippen molar-refractivity contribution in [3.8, 4) is 0 Å². The molecule has 282 valence electrons. The van der Waals surface area contributed by atoms with Crippen molar-refractivity contribution in [1.29, 1.82) is 0 Å². The summed E-state index contributed by atoms with van der Waals surface area (Å²) in [6.07, 6.45) is 29.7. The molecule has 0 radical (unpaired) electrons. The number of rotatable bonds is 3. The number of hydrogen-bond acceptors (Lipinski definition) is 3. The lowest BCUT2D eigenvalue weighted by atomic mass is 9.75. The van der Waals surface area contributed by atoms with E-state index in [-0.39, 0.29) is 11.7 Å². The van der Waals surface area contributed by atoms with Crippen LogP contribution in [0.15, 0.2) is 128 Å². The average Bonchev–Trinajstić information content (AvgIpc) is 4.01. The molecule has 1 fully saturated rings. The largest absolute Gasteiger partial charge is 0.335 e. The number of likely N-dealkylation sites (N-methyl/N-ethyl adjacent to an activating group) is 1. The van der Waals surface area contributed by atoms with Gasteiger partial charge in [0.2, 0.25) is 6.29 Å². The topological polar surface area (TPSA) is 20.5 Å². The summed E-state index contributed by atoms with van der Waals surface area (Å²) in [5.41, 5.74) is 18.9. The van der Waals surface area contributed by atoms with Gasteiger partial charge in [0.15, 0.2) is 0 Å². The Hall–Kier alpha value is -4.28. The van der Waals surface area contributed by atoms with Crippen LogP contribution in [0.2, 0.25) is 0 Å². The second-order valence-corrected chi connectivity index (χ2v) is 20.2. The summed E-state index contributed by atoms with van der Waals surface area (Å²) < 4.78 is 2.65. The molecule has 7 aliphatic carbocycles. The van der Waals surface area contributed by atoms with E-state index >= 15 is 0 Å². The molecule has 0 spiro atoms. The predicted molar refractivity (Wildman–Crippen MR) is 237 cm³/mol. The van der Waals surface area contributed by atoms with Crippen LogP contribution in [0.4, 0.5) is 0 Å². The zero-order chi connectivity index (χ0) is 37.8. The van der Waals surface area contributed by atoms with Gasteiger partial charge in [0.25, 0.3) is 0 Å². The lowest BCUT2D eigenvalue weighted by Crippen LogP contribution is -2.36. The van der Waals surface area contributed by atoms with E-state index in [1.807, 2.05) is 0 Å². The molecule has 3 nitrogen and oxygen atoms in total. The lowest BCUT2D eigenvalue weighted by molar-refractivity contribution is 0.243. The summed E-state index contributed by atoms with van der Waals surface area (Å²) in [6, 6.07) is 12.7. The van der Waals surface area contributed by atoms with Crippen LogP contribution in [-0.2, 0) is 5.41 Å². The first-order chi connectivity index (χ1) is 27.2. The van der Waals surface area contributed by atoms with Crippen LogP contribution < -0.4 is 0 Å². The highest BCUT2D eigenvalue weighted by Gasteiger charge is 2.51. The third-order valence-corrected chi connectivity index (χ3v) is 16.9. The van der Waals surface area contributed by atoms with Crippen molar-refractivity contribution in [2.75, 3.05) is 7.05 Å². The van der Waals surface area contributed by atoms with Gasteiger partial charge in [-0.25, -0.2) is 4.99 Å². The van der Waals surface area contributed by atoms with Crippen LogP contribution in [0.25, 0.3) is 33.0 Å². The summed E-state index contributed by atoms with van der Waals surface area (Å²) in [6.45, 7) is 12.2. The maximum absolute atomic E-state index is 5.93. The van der Waals surface area contributed by atoms with Crippen molar-refractivity contribution < 1.29 is 0 Å². The van der Waals surface area contributed by atoms with Gasteiger partial charge in [0.05, 0.1) is 16.7 Å². The molecule has 12 rings (SSSR count). The van der Waals surface area contributed by atoms with Crippen LogP contribution in [-0.4, -0.2) is 22.2 Å². The number of benzene rings is 2. The van der Waals surface area contributed by atoms with E-state index in [2.05, 4.69) is 148 Å². The van der Waals surface area contributed by atoms with Gasteiger partial charge >= 0.3 is 0 Å². The summed E-state index contributed by atoms with van der Waals surface area (Å²) in [7, 11) is 2.30. The first-order valence-electron chi connectivity index (χ1n) is 21.6. The minimum absolute atomic E-state index is 0.0756. The zero-order valence-electron chi connectivity index (χ0n) is 33.8. The highest BCUT2D eigenvalue weighted by Crippen LogP contribution is 2.64. The van der Waals surface area contributed by atoms with Gasteiger partial charge < -0.3 is 9.47 Å². The van der Waals surface area contributed by atoms with Crippen molar-refractivity contribution in [3.63, 3.8) is 0 Å². The quantitative estimate of drug-likeness (QED) is 0.266. The van der Waals surface area contributed by atoms with Crippen LogP contribution in [0, 0.1) is 35.5 Å². The predicted octanol–water partition coefficient (Wildman–Crippen LogP) is 13.4. The Balaban J connectivity index is 1.11. The van der Waals surface area contributed by atoms with Crippen molar-refractivity contribution in [2.45, 2.75) is 91.3 Å². The van der Waals surface area contributed by atoms with Gasteiger partial charge in [-0.05, 0) is 143 Å². The molecule has 1 saturated carbocycles. The average molecular weight is 752 g/mol. The fourth-order valence-electron chi connectivity index (χ4n) is 12.7. The Morgan fingerprint density at radius 1 is 0.821 bits per heavy atom. The van der Waals surface area contributed by atoms with Crippen molar-refractivity contribution in [2.24, 2.45) is 40.5 Å². The second kappa shape index (κ2) is 11.9. The van der Waals surface area contributed by atoms with E-state index in [4.69, 9.17) is 4.99 Å². The van der Waals surface area contributed by atoms with E-state index in [9.17, 15) is 0 Å². The van der Waals surface area contributed by atoms with Crippen LogP contribution >= 0.6 is 11.8 Å². The molecule has 9 aliphatic rings. The Labute approximate surface area is 336 Å². The molecule has 3 aromatic rings. The van der Waals surface area contributed by atoms with Crippen LogP contribution in [0.3, 0.4) is 0 Å². The minimum Gasteiger partial charge on any atom is -0.335 e. The van der Waals surface area contributed by atoms with Gasteiger partial charge in [-0.15, -0.1) is 0 Å². The molecule has 7 atom stereocenters. The van der Waals surface area contributed by atoms with Gasteiger partial charge in [-0.2, -0.15) is 0 Å². The van der Waals surface area contributed by atoms with Crippen LogP contribution in [0.1, 0.15) is 103 Å². The number of aliphatic imine (C=N–C) groups is 1. The molecule has 7 unspecified atom stereocenters.